The van der Waals surface area contributed by atoms with Crippen molar-refractivity contribution >= 4 is 11.6 Å². The summed E-state index contributed by atoms with van der Waals surface area (Å²) in [6.07, 6.45) is 22.6. The van der Waals surface area contributed by atoms with Crippen LogP contribution in [0.4, 0.5) is 0 Å². The third-order valence-electron chi connectivity index (χ3n) is 14.7. The summed E-state index contributed by atoms with van der Waals surface area (Å²) in [6, 6.07) is 0. The number of hydrogen-bond donors (Lipinski definition) is 3. The van der Waals surface area contributed by atoms with Gasteiger partial charge in [-0.15, -0.1) is 0 Å². The quantitative estimate of drug-likeness (QED) is 0.192. The molecule has 0 radical (unpaired) electrons. The van der Waals surface area contributed by atoms with Crippen LogP contribution in [0, 0.1) is 70.5 Å². The summed E-state index contributed by atoms with van der Waals surface area (Å²) in [5, 5.41) is 14.7. The highest BCUT2D eigenvalue weighted by Crippen LogP contribution is 2.55. The molecule has 1 heterocycles. The van der Waals surface area contributed by atoms with E-state index in [-0.39, 0.29) is 53.9 Å². The molecule has 6 heteroatoms. The fourth-order valence-corrected chi connectivity index (χ4v) is 12.3. The third kappa shape index (κ3) is 8.60. The van der Waals surface area contributed by atoms with Crippen molar-refractivity contribution in [1.82, 2.24) is 5.32 Å². The Morgan fingerprint density at radius 2 is 1.69 bits per heavy atom. The first kappa shape index (κ1) is 36.5. The second kappa shape index (κ2) is 16.8. The van der Waals surface area contributed by atoms with Gasteiger partial charge >= 0.3 is 0 Å². The average molecular weight is 665 g/mol. The fraction of sp³-hybridized carbons (Fsp3) is 0.905. The number of carbonyl (C=O) groups is 2. The number of fused-ring (bicyclic) bond motifs is 2. The van der Waals surface area contributed by atoms with E-state index >= 15 is 0 Å². The highest BCUT2D eigenvalue weighted by Gasteiger charge is 2.48. The van der Waals surface area contributed by atoms with Crippen LogP contribution in [0.1, 0.15) is 148 Å². The molecule has 0 spiro atoms. The summed E-state index contributed by atoms with van der Waals surface area (Å²) in [7, 11) is 1.70. The Balaban J connectivity index is 1.38. The zero-order valence-corrected chi connectivity index (χ0v) is 30.4. The van der Waals surface area contributed by atoms with Gasteiger partial charge in [-0.05, 0) is 137 Å². The lowest BCUT2D eigenvalue weighted by Gasteiger charge is -2.44. The fourth-order valence-electron chi connectivity index (χ4n) is 12.3. The van der Waals surface area contributed by atoms with E-state index in [0.29, 0.717) is 47.8 Å². The molecule has 1 saturated heterocycles. The second-order valence-electron chi connectivity index (χ2n) is 17.7. The minimum atomic E-state index is -0.484. The average Bonchev–Trinajstić information content (AvgIpc) is 3.47. The minimum absolute atomic E-state index is 0.0139. The molecular formula is C42H68N2O4. The topological polar surface area (TPSA) is 102 Å². The number of carbonyl (C=O) groups excluding carboxylic acids is 2. The zero-order valence-electron chi connectivity index (χ0n) is 30.4. The number of aliphatic hydroxyl groups excluding tert-OH is 1. The van der Waals surface area contributed by atoms with Gasteiger partial charge < -0.3 is 20.9 Å². The maximum Gasteiger partial charge on any atom is 0.144 e. The van der Waals surface area contributed by atoms with Crippen molar-refractivity contribution in [2.75, 3.05) is 13.7 Å². The number of rotatable bonds is 7. The molecule has 6 nitrogen and oxygen atoms in total. The lowest BCUT2D eigenvalue weighted by Crippen LogP contribution is -2.44. The smallest absolute Gasteiger partial charge is 0.144 e. The van der Waals surface area contributed by atoms with Crippen LogP contribution in [0.25, 0.3) is 0 Å². The molecule has 6 aliphatic rings. The number of nitrogens with one attached hydrogen (secondary N) is 1. The van der Waals surface area contributed by atoms with Crippen molar-refractivity contribution in [2.24, 2.45) is 64.4 Å². The molecule has 0 bridgehead atoms. The first-order valence-corrected chi connectivity index (χ1v) is 20.5. The molecule has 270 valence electrons. The summed E-state index contributed by atoms with van der Waals surface area (Å²) < 4.78 is 5.76. The molecule has 11 atom stereocenters. The van der Waals surface area contributed by atoms with Crippen LogP contribution in [0.15, 0.2) is 0 Å². The Kier molecular flexibility index (Phi) is 12.8. The first-order valence-electron chi connectivity index (χ1n) is 20.5. The number of ether oxygens (including phenoxy) is 1. The molecule has 1 aliphatic heterocycles. The predicted molar refractivity (Wildman–Crippen MR) is 192 cm³/mol. The van der Waals surface area contributed by atoms with E-state index in [2.05, 4.69) is 24.1 Å². The predicted octanol–water partition coefficient (Wildman–Crippen LogP) is 7.59. The van der Waals surface area contributed by atoms with E-state index in [9.17, 15) is 14.7 Å². The van der Waals surface area contributed by atoms with Crippen LogP contribution in [-0.4, -0.2) is 48.7 Å². The van der Waals surface area contributed by atoms with Crippen molar-refractivity contribution in [3.05, 3.63) is 0 Å². The van der Waals surface area contributed by atoms with E-state index in [1.165, 1.54) is 89.9 Å². The Bertz CT molecular complexity index is 1130. The van der Waals surface area contributed by atoms with Crippen LogP contribution in [0.5, 0.6) is 0 Å². The van der Waals surface area contributed by atoms with E-state index in [0.717, 1.165) is 38.6 Å². The lowest BCUT2D eigenvalue weighted by molar-refractivity contribution is -0.131. The number of hydrogen-bond acceptors (Lipinski definition) is 6. The standard InChI is InChI=1S/C42H68N2O4/c1-3-16-42(17-7-8-18-42)33-22-29(20-28-15-19-44-41(43)23-28)21-31-12-14-35(30-9-5-4-6-10-30)36-27-39(47)40(48-2)24-32(36)11-13-34(45)26-38(46)37(31)25-33/h28-33,35-37,39-41,44,47H,3-11,13,15-27,43H2,1-2H3/t28?,29-,31+,32?,33-,35-,36?,37-,39?,40?,41?/m1/s1. The maximum absolute atomic E-state index is 14.4. The molecule has 5 fully saturated rings. The van der Waals surface area contributed by atoms with Gasteiger partial charge in [-0.1, -0.05) is 57.3 Å². The summed E-state index contributed by atoms with van der Waals surface area (Å²) in [6.45, 7) is 3.34. The highest BCUT2D eigenvalue weighted by atomic mass is 16.5. The first-order chi connectivity index (χ1) is 23.3. The van der Waals surface area contributed by atoms with Crippen LogP contribution >= 0.6 is 0 Å². The van der Waals surface area contributed by atoms with E-state index < -0.39 is 6.10 Å². The summed E-state index contributed by atoms with van der Waals surface area (Å²) in [5.41, 5.74) is 6.75. The molecule has 4 N–H and O–H groups in total. The number of ketones is 2. The Morgan fingerprint density at radius 3 is 2.42 bits per heavy atom. The van der Waals surface area contributed by atoms with E-state index in [1.54, 1.807) is 7.11 Å². The van der Waals surface area contributed by atoms with E-state index in [1.807, 2.05) is 0 Å². The van der Waals surface area contributed by atoms with Crippen molar-refractivity contribution in [2.45, 2.75) is 167 Å². The van der Waals surface area contributed by atoms with Gasteiger partial charge in [0.15, 0.2) is 0 Å². The van der Waals surface area contributed by atoms with Gasteiger partial charge in [0.1, 0.15) is 11.6 Å². The Morgan fingerprint density at radius 1 is 0.896 bits per heavy atom. The normalized spacial score (nSPS) is 41.5. The summed E-state index contributed by atoms with van der Waals surface area (Å²) in [4.78, 5) is 28.1. The third-order valence-corrected chi connectivity index (χ3v) is 14.7. The van der Waals surface area contributed by atoms with Crippen LogP contribution in [-0.2, 0) is 14.3 Å². The minimum Gasteiger partial charge on any atom is -0.390 e. The van der Waals surface area contributed by atoms with Crippen molar-refractivity contribution in [3.63, 3.8) is 0 Å². The second-order valence-corrected chi connectivity index (χ2v) is 17.7. The molecule has 4 saturated carbocycles. The molecule has 0 aromatic carbocycles. The van der Waals surface area contributed by atoms with Gasteiger partial charge in [0.2, 0.25) is 0 Å². The van der Waals surface area contributed by atoms with Crippen molar-refractivity contribution in [1.29, 1.82) is 0 Å². The van der Waals surface area contributed by atoms with Gasteiger partial charge in [-0.3, -0.25) is 9.59 Å². The van der Waals surface area contributed by atoms with Gasteiger partial charge in [0.25, 0.3) is 0 Å². The molecule has 6 rings (SSSR count). The van der Waals surface area contributed by atoms with Gasteiger partial charge in [-0.2, -0.15) is 0 Å². The number of piperidine rings is 1. The van der Waals surface area contributed by atoms with Crippen LogP contribution in [0.3, 0.4) is 0 Å². The van der Waals surface area contributed by atoms with Crippen LogP contribution in [0.2, 0.25) is 0 Å². The number of Topliss-reactive ketones (excluding diaryl/α,β-unsaturated/α-hetero) is 2. The monoisotopic (exact) mass is 665 g/mol. The van der Waals surface area contributed by atoms with Gasteiger partial charge in [0, 0.05) is 31.3 Å². The molecule has 0 aromatic heterocycles. The van der Waals surface area contributed by atoms with Crippen molar-refractivity contribution < 1.29 is 19.4 Å². The zero-order chi connectivity index (χ0) is 33.7. The molecule has 48 heavy (non-hydrogen) atoms. The number of nitrogens with two attached hydrogens (primary N) is 1. The van der Waals surface area contributed by atoms with Crippen molar-refractivity contribution in [3.8, 4) is 11.8 Å². The highest BCUT2D eigenvalue weighted by molar-refractivity contribution is 6.00. The van der Waals surface area contributed by atoms with E-state index in [4.69, 9.17) is 10.5 Å². The lowest BCUT2D eigenvalue weighted by atomic mass is 9.63. The maximum atomic E-state index is 14.4. The van der Waals surface area contributed by atoms with Crippen LogP contribution < -0.4 is 11.1 Å². The number of methoxy groups -OCH3 is 1. The van der Waals surface area contributed by atoms with Gasteiger partial charge in [-0.25, -0.2) is 0 Å². The molecule has 0 aromatic rings. The SMILES string of the molecule is CCCC1([C@@H]2C[C@H](CC3CCNC(N)C3)C[C@@H]3C#C[C@H](C4CCCCC4)C4CC(O)C(OC)CC4CCC(=O)CC(=O)[C@@H]3C2)CCCC1. The number of aliphatic hydroxyl groups is 1. The largest absolute Gasteiger partial charge is 0.390 e. The summed E-state index contributed by atoms with van der Waals surface area (Å²) in [5.74, 6) is 11.1. The molecule has 6 unspecified atom stereocenters. The van der Waals surface area contributed by atoms with Gasteiger partial charge in [0.05, 0.1) is 24.8 Å². The molecule has 5 aliphatic carbocycles. The Labute approximate surface area is 292 Å². The Hall–Kier alpha value is -1.26. The molecular weight excluding hydrogens is 596 g/mol. The molecule has 0 amide bonds. The summed E-state index contributed by atoms with van der Waals surface area (Å²) >= 11 is 0.